The van der Waals surface area contributed by atoms with Crippen LogP contribution in [-0.2, 0) is 9.53 Å². The van der Waals surface area contributed by atoms with Crippen LogP contribution in [0.3, 0.4) is 0 Å². The average Bonchev–Trinajstić information content (AvgIpc) is 2.44. The minimum absolute atomic E-state index is 0.0389. The van der Waals surface area contributed by atoms with Crippen LogP contribution in [0.1, 0.15) is 33.6 Å². The molecule has 0 spiro atoms. The molecule has 1 aliphatic heterocycles. The number of ether oxygens (including phenoxy) is 1. The first-order chi connectivity index (χ1) is 7.83. The number of carboxylic acid groups (broad SMARTS) is 1. The lowest BCUT2D eigenvalue weighted by Gasteiger charge is -2.29. The fraction of sp³-hybridized carbons (Fsp3) is 0.818. The zero-order valence-electron chi connectivity index (χ0n) is 10.4. The standard InChI is InChI=1S/C11H20N2O4/c1-7(6-9(14)15)12-10(16)13-11(3)4-5-17-8(11)2/h7-8H,4-6H2,1-3H3,(H,14,15)(H2,12,13,16). The third-order valence-electron chi connectivity index (χ3n) is 3.14. The number of carbonyl (C=O) groups is 2. The largest absolute Gasteiger partial charge is 0.481 e. The maximum atomic E-state index is 11.7. The number of carbonyl (C=O) groups excluding carboxylic acids is 1. The Morgan fingerprint density at radius 1 is 1.59 bits per heavy atom. The van der Waals surface area contributed by atoms with Crippen molar-refractivity contribution in [2.24, 2.45) is 0 Å². The number of hydrogen-bond acceptors (Lipinski definition) is 3. The van der Waals surface area contributed by atoms with E-state index in [1.165, 1.54) is 0 Å². The van der Waals surface area contributed by atoms with Gasteiger partial charge in [0.15, 0.2) is 0 Å². The average molecular weight is 244 g/mol. The molecule has 3 atom stereocenters. The van der Waals surface area contributed by atoms with Gasteiger partial charge in [-0.2, -0.15) is 0 Å². The highest BCUT2D eigenvalue weighted by atomic mass is 16.5. The van der Waals surface area contributed by atoms with E-state index in [0.29, 0.717) is 6.61 Å². The normalized spacial score (nSPS) is 29.7. The highest BCUT2D eigenvalue weighted by Gasteiger charge is 2.38. The Labute approximate surface area is 101 Å². The molecule has 1 saturated heterocycles. The number of aliphatic carboxylic acids is 1. The van der Waals surface area contributed by atoms with Crippen molar-refractivity contribution in [3.05, 3.63) is 0 Å². The van der Waals surface area contributed by atoms with Crippen LogP contribution in [0, 0.1) is 0 Å². The van der Waals surface area contributed by atoms with Gasteiger partial charge in [0.05, 0.1) is 18.1 Å². The van der Waals surface area contributed by atoms with E-state index in [1.807, 2.05) is 13.8 Å². The van der Waals surface area contributed by atoms with Crippen LogP contribution in [0.4, 0.5) is 4.79 Å². The minimum Gasteiger partial charge on any atom is -0.481 e. The Hall–Kier alpha value is -1.30. The van der Waals surface area contributed by atoms with Crippen LogP contribution in [0.2, 0.25) is 0 Å². The van der Waals surface area contributed by atoms with Crippen molar-refractivity contribution in [3.8, 4) is 0 Å². The van der Waals surface area contributed by atoms with Gasteiger partial charge in [-0.3, -0.25) is 4.79 Å². The molecule has 3 unspecified atom stereocenters. The van der Waals surface area contributed by atoms with Crippen molar-refractivity contribution in [1.82, 2.24) is 10.6 Å². The van der Waals surface area contributed by atoms with Gasteiger partial charge in [0.1, 0.15) is 0 Å². The molecule has 1 fully saturated rings. The Morgan fingerprint density at radius 2 is 2.24 bits per heavy atom. The topological polar surface area (TPSA) is 87.7 Å². The molecule has 3 N–H and O–H groups in total. The zero-order valence-corrected chi connectivity index (χ0v) is 10.4. The molecular weight excluding hydrogens is 224 g/mol. The fourth-order valence-corrected chi connectivity index (χ4v) is 1.83. The Morgan fingerprint density at radius 3 is 2.71 bits per heavy atom. The first-order valence-electron chi connectivity index (χ1n) is 5.75. The molecule has 1 heterocycles. The molecule has 0 aliphatic carbocycles. The van der Waals surface area contributed by atoms with Gasteiger partial charge in [-0.1, -0.05) is 0 Å². The SMILES string of the molecule is CC(CC(=O)O)NC(=O)NC1(C)CCOC1C. The molecule has 0 bridgehead atoms. The van der Waals surface area contributed by atoms with Crippen molar-refractivity contribution >= 4 is 12.0 Å². The molecule has 2 amide bonds. The van der Waals surface area contributed by atoms with E-state index < -0.39 is 12.0 Å². The molecule has 0 saturated carbocycles. The highest BCUT2D eigenvalue weighted by molar-refractivity contribution is 5.76. The lowest BCUT2D eigenvalue weighted by Crippen LogP contribution is -2.55. The molecule has 1 rings (SSSR count). The third kappa shape index (κ3) is 3.89. The lowest BCUT2D eigenvalue weighted by atomic mass is 9.95. The van der Waals surface area contributed by atoms with E-state index >= 15 is 0 Å². The van der Waals surface area contributed by atoms with E-state index in [-0.39, 0.29) is 24.1 Å². The van der Waals surface area contributed by atoms with Crippen LogP contribution in [0.25, 0.3) is 0 Å². The van der Waals surface area contributed by atoms with Gasteiger partial charge < -0.3 is 20.5 Å². The fourth-order valence-electron chi connectivity index (χ4n) is 1.83. The molecule has 6 heteroatoms. The summed E-state index contributed by atoms with van der Waals surface area (Å²) >= 11 is 0. The smallest absolute Gasteiger partial charge is 0.315 e. The molecule has 0 radical (unpaired) electrons. The van der Waals surface area contributed by atoms with Crippen LogP contribution < -0.4 is 10.6 Å². The third-order valence-corrected chi connectivity index (χ3v) is 3.14. The van der Waals surface area contributed by atoms with E-state index in [9.17, 15) is 9.59 Å². The number of carboxylic acids is 1. The highest BCUT2D eigenvalue weighted by Crippen LogP contribution is 2.24. The van der Waals surface area contributed by atoms with Crippen molar-refractivity contribution in [3.63, 3.8) is 0 Å². The van der Waals surface area contributed by atoms with Crippen molar-refractivity contribution in [2.45, 2.75) is 51.3 Å². The molecule has 98 valence electrons. The second kappa shape index (κ2) is 5.35. The molecule has 1 aliphatic rings. The molecule has 0 aromatic heterocycles. The summed E-state index contributed by atoms with van der Waals surface area (Å²) in [6.07, 6.45) is 0.633. The summed E-state index contributed by atoms with van der Waals surface area (Å²) in [6.45, 7) is 6.12. The van der Waals surface area contributed by atoms with E-state index in [2.05, 4.69) is 10.6 Å². The van der Waals surface area contributed by atoms with Gasteiger partial charge in [-0.15, -0.1) is 0 Å². The van der Waals surface area contributed by atoms with E-state index in [0.717, 1.165) is 6.42 Å². The zero-order chi connectivity index (χ0) is 13.1. The van der Waals surface area contributed by atoms with Crippen molar-refractivity contribution < 1.29 is 19.4 Å². The Kier molecular flexibility index (Phi) is 4.34. The number of urea groups is 1. The predicted octanol–water partition coefficient (Wildman–Crippen LogP) is 0.716. The lowest BCUT2D eigenvalue weighted by molar-refractivity contribution is -0.137. The molecule has 0 aromatic rings. The maximum Gasteiger partial charge on any atom is 0.315 e. The Balaban J connectivity index is 2.41. The summed E-state index contributed by atoms with van der Waals surface area (Å²) < 4.78 is 5.40. The van der Waals surface area contributed by atoms with Gasteiger partial charge in [-0.05, 0) is 27.2 Å². The van der Waals surface area contributed by atoms with Crippen LogP contribution in [0.5, 0.6) is 0 Å². The summed E-state index contributed by atoms with van der Waals surface area (Å²) in [5.74, 6) is -0.929. The maximum absolute atomic E-state index is 11.7. The van der Waals surface area contributed by atoms with Crippen molar-refractivity contribution in [1.29, 1.82) is 0 Å². The summed E-state index contributed by atoms with van der Waals surface area (Å²) in [4.78, 5) is 22.1. The van der Waals surface area contributed by atoms with E-state index in [4.69, 9.17) is 9.84 Å². The minimum atomic E-state index is -0.929. The molecule has 6 nitrogen and oxygen atoms in total. The Bertz CT molecular complexity index is 308. The second-order valence-electron chi connectivity index (χ2n) is 4.78. The van der Waals surface area contributed by atoms with Gasteiger partial charge in [0.25, 0.3) is 0 Å². The van der Waals surface area contributed by atoms with Crippen LogP contribution in [0.15, 0.2) is 0 Å². The van der Waals surface area contributed by atoms with Gasteiger partial charge in [0.2, 0.25) is 0 Å². The number of nitrogens with one attached hydrogen (secondary N) is 2. The monoisotopic (exact) mass is 244 g/mol. The summed E-state index contributed by atoms with van der Waals surface area (Å²) in [5.41, 5.74) is -0.382. The summed E-state index contributed by atoms with van der Waals surface area (Å²) in [6, 6.07) is -0.743. The predicted molar refractivity (Wildman–Crippen MR) is 61.8 cm³/mol. The molecule has 0 aromatic carbocycles. The van der Waals surface area contributed by atoms with Crippen LogP contribution in [-0.4, -0.2) is 41.4 Å². The summed E-state index contributed by atoms with van der Waals surface area (Å²) in [5, 5.41) is 14.0. The van der Waals surface area contributed by atoms with Gasteiger partial charge in [-0.25, -0.2) is 4.79 Å². The van der Waals surface area contributed by atoms with Crippen molar-refractivity contribution in [2.75, 3.05) is 6.61 Å². The number of amides is 2. The molecular formula is C11H20N2O4. The van der Waals surface area contributed by atoms with E-state index in [1.54, 1.807) is 6.92 Å². The van der Waals surface area contributed by atoms with Crippen LogP contribution >= 0.6 is 0 Å². The first-order valence-corrected chi connectivity index (χ1v) is 5.75. The second-order valence-corrected chi connectivity index (χ2v) is 4.78. The number of rotatable bonds is 4. The number of hydrogen-bond donors (Lipinski definition) is 3. The first kappa shape index (κ1) is 13.8. The van der Waals surface area contributed by atoms with Gasteiger partial charge in [0, 0.05) is 12.6 Å². The van der Waals surface area contributed by atoms with Gasteiger partial charge >= 0.3 is 12.0 Å². The summed E-state index contributed by atoms with van der Waals surface area (Å²) in [7, 11) is 0. The quantitative estimate of drug-likeness (QED) is 0.680. The molecule has 17 heavy (non-hydrogen) atoms.